The molecule has 0 aliphatic carbocycles. The summed E-state index contributed by atoms with van der Waals surface area (Å²) >= 11 is 4.29. The van der Waals surface area contributed by atoms with Crippen LogP contribution >= 0.6 is 34.9 Å². The van der Waals surface area contributed by atoms with Gasteiger partial charge < -0.3 is 9.84 Å². The molecule has 2 heterocycles. The number of hydrogen-bond acceptors (Lipinski definition) is 9. The summed E-state index contributed by atoms with van der Waals surface area (Å²) in [5.41, 5.74) is 1.16. The van der Waals surface area contributed by atoms with Crippen molar-refractivity contribution in [2.75, 3.05) is 18.6 Å². The molecule has 0 amide bonds. The first-order valence-electron chi connectivity index (χ1n) is 7.09. The topological polar surface area (TPSA) is 89.4 Å². The van der Waals surface area contributed by atoms with Crippen LogP contribution in [0, 0.1) is 0 Å². The van der Waals surface area contributed by atoms with E-state index < -0.39 is 15.9 Å². The second-order valence-electron chi connectivity index (χ2n) is 5.27. The SMILES string of the molecule is COc1ccc(CSc2nnc(S[C@@H]3CS(=O)(=O)C[C@H]3O)s2)cc1. The fraction of sp³-hybridized carbons (Fsp3) is 0.429. The summed E-state index contributed by atoms with van der Waals surface area (Å²) in [4.78, 5) is 0. The summed E-state index contributed by atoms with van der Waals surface area (Å²) in [6.45, 7) is 0. The van der Waals surface area contributed by atoms with Gasteiger partial charge in [0, 0.05) is 5.75 Å². The first kappa shape index (κ1) is 18.0. The standard InChI is InChI=1S/C14H16N2O4S4/c1-20-10-4-2-9(3-5-10)6-21-13-15-16-14(23-13)22-12-8-24(18,19)7-11(12)17/h2-5,11-12,17H,6-8H2,1H3/t11-,12-/m1/s1. The maximum Gasteiger partial charge on any atom is 0.175 e. The molecule has 1 fully saturated rings. The van der Waals surface area contributed by atoms with Crippen molar-refractivity contribution in [2.45, 2.75) is 25.8 Å². The van der Waals surface area contributed by atoms with Crippen molar-refractivity contribution >= 4 is 44.7 Å². The lowest BCUT2D eigenvalue weighted by Crippen LogP contribution is -2.19. The number of aliphatic hydroxyl groups is 1. The zero-order chi connectivity index (χ0) is 17.2. The summed E-state index contributed by atoms with van der Waals surface area (Å²) in [7, 11) is -1.50. The first-order valence-corrected chi connectivity index (χ1v) is 11.6. The largest absolute Gasteiger partial charge is 0.497 e. The van der Waals surface area contributed by atoms with E-state index in [2.05, 4.69) is 10.2 Å². The van der Waals surface area contributed by atoms with Gasteiger partial charge in [0.15, 0.2) is 18.5 Å². The molecular formula is C14H16N2O4S4. The Bertz CT molecular complexity index is 791. The first-order chi connectivity index (χ1) is 11.4. The van der Waals surface area contributed by atoms with Crippen LogP contribution in [0.5, 0.6) is 5.75 Å². The fourth-order valence-corrected chi connectivity index (χ4v) is 7.94. The van der Waals surface area contributed by atoms with Crippen molar-refractivity contribution in [1.29, 1.82) is 0 Å². The fourth-order valence-electron chi connectivity index (χ4n) is 2.21. The highest BCUT2D eigenvalue weighted by Gasteiger charge is 2.37. The molecule has 0 saturated carbocycles. The van der Waals surface area contributed by atoms with E-state index in [1.807, 2.05) is 24.3 Å². The number of methoxy groups -OCH3 is 1. The molecule has 2 atom stereocenters. The average molecular weight is 405 g/mol. The monoisotopic (exact) mass is 404 g/mol. The van der Waals surface area contributed by atoms with Crippen LogP contribution in [0.3, 0.4) is 0 Å². The molecule has 3 rings (SSSR count). The molecule has 1 aromatic heterocycles. The second kappa shape index (κ2) is 7.61. The molecule has 24 heavy (non-hydrogen) atoms. The predicted octanol–water partition coefficient (Wildman–Crippen LogP) is 2.09. The Morgan fingerprint density at radius 3 is 2.58 bits per heavy atom. The number of ether oxygens (including phenoxy) is 1. The van der Waals surface area contributed by atoms with Gasteiger partial charge in [-0.3, -0.25) is 0 Å². The molecule has 1 aliphatic heterocycles. The van der Waals surface area contributed by atoms with Gasteiger partial charge in [-0.1, -0.05) is 47.0 Å². The molecule has 6 nitrogen and oxygen atoms in total. The number of sulfone groups is 1. The van der Waals surface area contributed by atoms with E-state index >= 15 is 0 Å². The number of aromatic nitrogens is 2. The molecule has 1 saturated heterocycles. The zero-order valence-corrected chi connectivity index (χ0v) is 16.1. The maximum absolute atomic E-state index is 11.5. The smallest absolute Gasteiger partial charge is 0.175 e. The van der Waals surface area contributed by atoms with Crippen molar-refractivity contribution in [1.82, 2.24) is 10.2 Å². The number of aliphatic hydroxyl groups excluding tert-OH is 1. The Hall–Kier alpha value is -0.810. The Kier molecular flexibility index (Phi) is 5.70. The van der Waals surface area contributed by atoms with Gasteiger partial charge in [-0.15, -0.1) is 10.2 Å². The van der Waals surface area contributed by atoms with E-state index in [1.54, 1.807) is 18.9 Å². The lowest BCUT2D eigenvalue weighted by Gasteiger charge is -2.08. The van der Waals surface area contributed by atoms with Crippen LogP contribution < -0.4 is 4.74 Å². The van der Waals surface area contributed by atoms with E-state index in [-0.39, 0.29) is 16.8 Å². The van der Waals surface area contributed by atoms with Crippen molar-refractivity contribution in [2.24, 2.45) is 0 Å². The Morgan fingerprint density at radius 2 is 1.96 bits per heavy atom. The van der Waals surface area contributed by atoms with Crippen molar-refractivity contribution < 1.29 is 18.3 Å². The van der Waals surface area contributed by atoms with Crippen LogP contribution in [-0.2, 0) is 15.6 Å². The van der Waals surface area contributed by atoms with E-state index in [4.69, 9.17) is 4.74 Å². The third-order valence-electron chi connectivity index (χ3n) is 3.43. The van der Waals surface area contributed by atoms with Crippen LogP contribution in [0.15, 0.2) is 32.9 Å². The lowest BCUT2D eigenvalue weighted by atomic mass is 10.2. The number of thioether (sulfide) groups is 2. The summed E-state index contributed by atoms with van der Waals surface area (Å²) in [6.07, 6.45) is -0.834. The predicted molar refractivity (Wildman–Crippen MR) is 96.8 cm³/mol. The zero-order valence-electron chi connectivity index (χ0n) is 12.8. The normalized spacial score (nSPS) is 22.6. The number of rotatable bonds is 6. The molecule has 0 spiro atoms. The molecule has 130 valence electrons. The Labute approximate surface area is 152 Å². The minimum Gasteiger partial charge on any atom is -0.497 e. The molecule has 0 bridgehead atoms. The Balaban J connectivity index is 1.55. The van der Waals surface area contributed by atoms with Crippen molar-refractivity contribution in [3.05, 3.63) is 29.8 Å². The number of nitrogens with zero attached hydrogens (tertiary/aromatic N) is 2. The minimum absolute atomic E-state index is 0.00720. The third kappa shape index (κ3) is 4.63. The summed E-state index contributed by atoms with van der Waals surface area (Å²) in [5.74, 6) is 1.42. The number of benzene rings is 1. The van der Waals surface area contributed by atoms with E-state index in [0.717, 1.165) is 21.4 Å². The molecule has 1 aromatic carbocycles. The highest BCUT2D eigenvalue weighted by atomic mass is 32.2. The minimum atomic E-state index is -3.14. The number of hydrogen-bond donors (Lipinski definition) is 1. The van der Waals surface area contributed by atoms with E-state index in [1.165, 1.54) is 23.1 Å². The maximum atomic E-state index is 11.5. The molecule has 2 aromatic rings. The van der Waals surface area contributed by atoms with Gasteiger partial charge >= 0.3 is 0 Å². The van der Waals surface area contributed by atoms with Gasteiger partial charge in [-0.2, -0.15) is 0 Å². The van der Waals surface area contributed by atoms with Crippen LogP contribution in [0.2, 0.25) is 0 Å². The van der Waals surface area contributed by atoms with Crippen molar-refractivity contribution in [3.63, 3.8) is 0 Å². The Morgan fingerprint density at radius 1 is 1.25 bits per heavy atom. The van der Waals surface area contributed by atoms with E-state index in [0.29, 0.717) is 4.34 Å². The van der Waals surface area contributed by atoms with Gasteiger partial charge in [0.2, 0.25) is 0 Å². The average Bonchev–Trinajstić information content (AvgIpc) is 3.09. The molecule has 0 radical (unpaired) electrons. The van der Waals surface area contributed by atoms with Gasteiger partial charge in [0.05, 0.1) is 30.0 Å². The molecule has 1 N–H and O–H groups in total. The van der Waals surface area contributed by atoms with Crippen LogP contribution in [0.1, 0.15) is 5.56 Å². The summed E-state index contributed by atoms with van der Waals surface area (Å²) < 4.78 is 29.7. The molecule has 0 unspecified atom stereocenters. The van der Waals surface area contributed by atoms with Crippen LogP contribution in [0.4, 0.5) is 0 Å². The van der Waals surface area contributed by atoms with Gasteiger partial charge in [0.25, 0.3) is 0 Å². The van der Waals surface area contributed by atoms with Crippen molar-refractivity contribution in [3.8, 4) is 5.75 Å². The summed E-state index contributed by atoms with van der Waals surface area (Å²) in [6, 6.07) is 7.84. The van der Waals surface area contributed by atoms with Crippen LogP contribution in [0.25, 0.3) is 0 Å². The quantitative estimate of drug-likeness (QED) is 0.732. The van der Waals surface area contributed by atoms with Crippen LogP contribution in [-0.4, -0.2) is 53.7 Å². The van der Waals surface area contributed by atoms with E-state index in [9.17, 15) is 13.5 Å². The third-order valence-corrected chi connectivity index (χ3v) is 8.89. The van der Waals surface area contributed by atoms with Gasteiger partial charge in [-0.05, 0) is 17.7 Å². The molecule has 10 heteroatoms. The van der Waals surface area contributed by atoms with Gasteiger partial charge in [-0.25, -0.2) is 8.42 Å². The highest BCUT2D eigenvalue weighted by molar-refractivity contribution is 8.04. The van der Waals surface area contributed by atoms with Gasteiger partial charge in [0.1, 0.15) is 5.75 Å². The summed E-state index contributed by atoms with van der Waals surface area (Å²) in [5, 5.41) is 17.7. The molecular weight excluding hydrogens is 388 g/mol. The highest BCUT2D eigenvalue weighted by Crippen LogP contribution is 2.36. The molecule has 1 aliphatic rings. The lowest BCUT2D eigenvalue weighted by molar-refractivity contribution is 0.207. The second-order valence-corrected chi connectivity index (χ2v) is 11.1.